The predicted octanol–water partition coefficient (Wildman–Crippen LogP) is 4.42. The fraction of sp³-hybridized carbons (Fsp3) is 0.455. The van der Waals surface area contributed by atoms with Crippen LogP contribution in [0, 0.1) is 0 Å². The van der Waals surface area contributed by atoms with Gasteiger partial charge < -0.3 is 9.64 Å². The lowest BCUT2D eigenvalue weighted by Crippen LogP contribution is -2.33. The molecule has 0 saturated heterocycles. The Labute approximate surface area is 156 Å². The monoisotopic (exact) mass is 352 g/mol. The molecule has 0 spiro atoms. The van der Waals surface area contributed by atoms with Crippen molar-refractivity contribution in [3.05, 3.63) is 65.5 Å². The second kappa shape index (κ2) is 9.48. The number of carbonyl (C=O) groups is 1. The number of rotatable bonds is 7. The number of ether oxygens (including phenoxy) is 1. The number of aromatic nitrogens is 1. The fourth-order valence-electron chi connectivity index (χ4n) is 3.66. The van der Waals surface area contributed by atoms with Crippen LogP contribution in [0.15, 0.2) is 48.7 Å². The van der Waals surface area contributed by atoms with Gasteiger partial charge in [-0.25, -0.2) is 0 Å². The van der Waals surface area contributed by atoms with Gasteiger partial charge in [0.15, 0.2) is 0 Å². The van der Waals surface area contributed by atoms with Crippen molar-refractivity contribution in [2.24, 2.45) is 0 Å². The molecule has 1 aromatic carbocycles. The third-order valence-electron chi connectivity index (χ3n) is 5.17. The molecule has 1 aliphatic rings. The van der Waals surface area contributed by atoms with Crippen LogP contribution in [0.1, 0.15) is 59.6 Å². The van der Waals surface area contributed by atoms with Crippen molar-refractivity contribution in [2.45, 2.75) is 44.6 Å². The van der Waals surface area contributed by atoms with Gasteiger partial charge in [0.2, 0.25) is 0 Å². The third kappa shape index (κ3) is 4.92. The van der Waals surface area contributed by atoms with Gasteiger partial charge in [0.1, 0.15) is 0 Å². The zero-order valence-electron chi connectivity index (χ0n) is 15.6. The van der Waals surface area contributed by atoms with E-state index in [1.54, 1.807) is 18.2 Å². The number of benzene rings is 1. The number of hydrogen-bond donors (Lipinski definition) is 0. The molecule has 0 atom stereocenters. The SMILES string of the molecule is COCCN(Cc1ccccn1)C(=O)c1ccc(C2CCCCC2)cc1. The van der Waals surface area contributed by atoms with Crippen molar-refractivity contribution in [3.8, 4) is 0 Å². The number of pyridine rings is 1. The van der Waals surface area contributed by atoms with Gasteiger partial charge in [0.05, 0.1) is 18.8 Å². The van der Waals surface area contributed by atoms with Gasteiger partial charge >= 0.3 is 0 Å². The first kappa shape index (κ1) is 18.6. The van der Waals surface area contributed by atoms with Gasteiger partial charge in [-0.3, -0.25) is 9.78 Å². The molecule has 3 rings (SSSR count). The molecule has 0 aliphatic heterocycles. The summed E-state index contributed by atoms with van der Waals surface area (Å²) in [4.78, 5) is 19.1. The summed E-state index contributed by atoms with van der Waals surface area (Å²) >= 11 is 0. The Morgan fingerprint density at radius 1 is 1.12 bits per heavy atom. The van der Waals surface area contributed by atoms with E-state index in [9.17, 15) is 4.79 Å². The second-order valence-electron chi connectivity index (χ2n) is 7.00. The van der Waals surface area contributed by atoms with Crippen LogP contribution >= 0.6 is 0 Å². The van der Waals surface area contributed by atoms with Crippen LogP contribution in [0.2, 0.25) is 0 Å². The van der Waals surface area contributed by atoms with Gasteiger partial charge in [-0.15, -0.1) is 0 Å². The summed E-state index contributed by atoms with van der Waals surface area (Å²) in [6, 6.07) is 14.0. The second-order valence-corrected chi connectivity index (χ2v) is 7.00. The highest BCUT2D eigenvalue weighted by atomic mass is 16.5. The Morgan fingerprint density at radius 2 is 1.88 bits per heavy atom. The maximum absolute atomic E-state index is 13.0. The van der Waals surface area contributed by atoms with E-state index in [0.717, 1.165) is 11.3 Å². The van der Waals surface area contributed by atoms with E-state index in [1.165, 1.54) is 37.7 Å². The minimum atomic E-state index is 0.0305. The van der Waals surface area contributed by atoms with Gasteiger partial charge in [0, 0.05) is 25.4 Å². The Morgan fingerprint density at radius 3 is 2.54 bits per heavy atom. The molecule has 1 aromatic heterocycles. The first-order chi connectivity index (χ1) is 12.8. The highest BCUT2D eigenvalue weighted by Gasteiger charge is 2.19. The molecule has 4 nitrogen and oxygen atoms in total. The van der Waals surface area contributed by atoms with Crippen LogP contribution in [-0.2, 0) is 11.3 Å². The van der Waals surface area contributed by atoms with Crippen LogP contribution in [0.25, 0.3) is 0 Å². The molecule has 1 heterocycles. The summed E-state index contributed by atoms with van der Waals surface area (Å²) in [5.74, 6) is 0.689. The number of hydrogen-bond acceptors (Lipinski definition) is 3. The number of amides is 1. The molecule has 4 heteroatoms. The zero-order valence-corrected chi connectivity index (χ0v) is 15.6. The standard InChI is InChI=1S/C22H28N2O2/c1-26-16-15-24(17-21-9-5-6-14-23-21)22(25)20-12-10-19(11-13-20)18-7-3-2-4-8-18/h5-6,9-14,18H,2-4,7-8,15-17H2,1H3. The maximum atomic E-state index is 13.0. The first-order valence-corrected chi connectivity index (χ1v) is 9.56. The minimum absolute atomic E-state index is 0.0305. The Kier molecular flexibility index (Phi) is 6.78. The van der Waals surface area contributed by atoms with Crippen molar-refractivity contribution in [2.75, 3.05) is 20.3 Å². The average Bonchev–Trinajstić information content (AvgIpc) is 2.72. The van der Waals surface area contributed by atoms with Gasteiger partial charge in [-0.05, 0) is 48.6 Å². The van der Waals surface area contributed by atoms with Crippen LogP contribution in [0.5, 0.6) is 0 Å². The molecule has 1 saturated carbocycles. The van der Waals surface area contributed by atoms with Gasteiger partial charge in [0.25, 0.3) is 5.91 Å². The molecule has 0 unspecified atom stereocenters. The van der Waals surface area contributed by atoms with E-state index in [4.69, 9.17) is 4.74 Å². The molecule has 2 aromatic rings. The van der Waals surface area contributed by atoms with E-state index in [2.05, 4.69) is 17.1 Å². The normalized spacial score (nSPS) is 15.0. The van der Waals surface area contributed by atoms with E-state index in [1.807, 2.05) is 30.3 Å². The molecule has 138 valence electrons. The smallest absolute Gasteiger partial charge is 0.254 e. The van der Waals surface area contributed by atoms with Crippen LogP contribution in [-0.4, -0.2) is 36.1 Å². The van der Waals surface area contributed by atoms with Crippen LogP contribution in [0.3, 0.4) is 0 Å². The Bertz CT molecular complexity index is 679. The van der Waals surface area contributed by atoms with Crippen molar-refractivity contribution < 1.29 is 9.53 Å². The van der Waals surface area contributed by atoms with E-state index in [0.29, 0.717) is 25.6 Å². The van der Waals surface area contributed by atoms with E-state index < -0.39 is 0 Å². The molecule has 1 aliphatic carbocycles. The van der Waals surface area contributed by atoms with E-state index >= 15 is 0 Å². The lowest BCUT2D eigenvalue weighted by Gasteiger charge is -2.24. The average molecular weight is 352 g/mol. The highest BCUT2D eigenvalue weighted by molar-refractivity contribution is 5.94. The molecule has 0 bridgehead atoms. The Balaban J connectivity index is 1.70. The summed E-state index contributed by atoms with van der Waals surface area (Å²) in [7, 11) is 1.66. The summed E-state index contributed by atoms with van der Waals surface area (Å²) in [5, 5.41) is 0. The summed E-state index contributed by atoms with van der Waals surface area (Å²) in [6.45, 7) is 1.56. The third-order valence-corrected chi connectivity index (χ3v) is 5.17. The van der Waals surface area contributed by atoms with Gasteiger partial charge in [-0.2, -0.15) is 0 Å². The maximum Gasteiger partial charge on any atom is 0.254 e. The molecule has 0 N–H and O–H groups in total. The fourth-order valence-corrected chi connectivity index (χ4v) is 3.66. The van der Waals surface area contributed by atoms with Crippen LogP contribution in [0.4, 0.5) is 0 Å². The molecule has 0 radical (unpaired) electrons. The number of carbonyl (C=O) groups excluding carboxylic acids is 1. The van der Waals surface area contributed by atoms with Crippen molar-refractivity contribution in [1.82, 2.24) is 9.88 Å². The first-order valence-electron chi connectivity index (χ1n) is 9.56. The van der Waals surface area contributed by atoms with Gasteiger partial charge in [-0.1, -0.05) is 37.5 Å². The largest absolute Gasteiger partial charge is 0.383 e. The van der Waals surface area contributed by atoms with E-state index in [-0.39, 0.29) is 5.91 Å². The predicted molar refractivity (Wildman–Crippen MR) is 103 cm³/mol. The lowest BCUT2D eigenvalue weighted by molar-refractivity contribution is 0.0678. The molecule has 1 amide bonds. The molecular formula is C22H28N2O2. The number of methoxy groups -OCH3 is 1. The zero-order chi connectivity index (χ0) is 18.2. The topological polar surface area (TPSA) is 42.4 Å². The Hall–Kier alpha value is -2.20. The molecule has 26 heavy (non-hydrogen) atoms. The number of nitrogens with zero attached hydrogens (tertiary/aromatic N) is 2. The highest BCUT2D eigenvalue weighted by Crippen LogP contribution is 2.32. The molecular weight excluding hydrogens is 324 g/mol. The summed E-state index contributed by atoms with van der Waals surface area (Å²) in [6.07, 6.45) is 8.29. The quantitative estimate of drug-likeness (QED) is 0.741. The van der Waals surface area contributed by atoms with Crippen molar-refractivity contribution >= 4 is 5.91 Å². The van der Waals surface area contributed by atoms with Crippen LogP contribution < -0.4 is 0 Å². The summed E-state index contributed by atoms with van der Waals surface area (Å²) in [5.41, 5.74) is 2.99. The minimum Gasteiger partial charge on any atom is -0.383 e. The molecule has 1 fully saturated rings. The van der Waals surface area contributed by atoms with Crippen molar-refractivity contribution in [1.29, 1.82) is 0 Å². The lowest BCUT2D eigenvalue weighted by atomic mass is 9.84. The van der Waals surface area contributed by atoms with Crippen molar-refractivity contribution in [3.63, 3.8) is 0 Å². The summed E-state index contributed by atoms with van der Waals surface area (Å²) < 4.78 is 5.18.